The highest BCUT2D eigenvalue weighted by atomic mass is 16.5. The van der Waals surface area contributed by atoms with E-state index in [0.29, 0.717) is 12.0 Å². The van der Waals surface area contributed by atoms with Crippen LogP contribution in [-0.4, -0.2) is 12.6 Å². The van der Waals surface area contributed by atoms with Crippen molar-refractivity contribution in [3.8, 4) is 5.75 Å². The Morgan fingerprint density at radius 2 is 2.00 bits per heavy atom. The number of hydrogen-bond donors (Lipinski definition) is 1. The van der Waals surface area contributed by atoms with E-state index in [-0.39, 0.29) is 0 Å². The summed E-state index contributed by atoms with van der Waals surface area (Å²) in [6, 6.07) is 8.43. The van der Waals surface area contributed by atoms with Crippen LogP contribution in [0.3, 0.4) is 0 Å². The Bertz CT molecular complexity index is 404. The van der Waals surface area contributed by atoms with Gasteiger partial charge >= 0.3 is 0 Å². The Labute approximate surface area is 123 Å². The summed E-state index contributed by atoms with van der Waals surface area (Å²) in [5, 5.41) is 0. The minimum atomic E-state index is 0.304. The number of aryl methyl sites for hydroxylation is 1. The molecule has 1 aliphatic carbocycles. The number of benzene rings is 1. The van der Waals surface area contributed by atoms with E-state index in [1.807, 2.05) is 0 Å². The molecule has 20 heavy (non-hydrogen) atoms. The summed E-state index contributed by atoms with van der Waals surface area (Å²) < 4.78 is 6.38. The van der Waals surface area contributed by atoms with Crippen molar-refractivity contribution < 1.29 is 4.74 Å². The average molecular weight is 275 g/mol. The quantitative estimate of drug-likeness (QED) is 0.845. The molecule has 0 radical (unpaired) electrons. The molecule has 2 heteroatoms. The van der Waals surface area contributed by atoms with Gasteiger partial charge in [-0.05, 0) is 49.8 Å². The van der Waals surface area contributed by atoms with Gasteiger partial charge in [-0.2, -0.15) is 0 Å². The summed E-state index contributed by atoms with van der Waals surface area (Å²) in [7, 11) is 0. The maximum absolute atomic E-state index is 6.38. The van der Waals surface area contributed by atoms with E-state index in [9.17, 15) is 0 Å². The molecule has 0 heterocycles. The van der Waals surface area contributed by atoms with E-state index in [1.165, 1.54) is 37.7 Å². The zero-order valence-electron chi connectivity index (χ0n) is 13.0. The Balaban J connectivity index is 2.07. The molecular weight excluding hydrogens is 246 g/mol. The van der Waals surface area contributed by atoms with Crippen molar-refractivity contribution in [2.24, 2.45) is 17.6 Å². The van der Waals surface area contributed by atoms with Crippen molar-refractivity contribution in [2.75, 3.05) is 6.54 Å². The van der Waals surface area contributed by atoms with Crippen LogP contribution in [0.5, 0.6) is 5.75 Å². The topological polar surface area (TPSA) is 35.2 Å². The lowest BCUT2D eigenvalue weighted by Gasteiger charge is -2.36. The van der Waals surface area contributed by atoms with E-state index in [4.69, 9.17) is 10.5 Å². The molecule has 2 rings (SSSR count). The first-order chi connectivity index (χ1) is 9.78. The third-order valence-electron chi connectivity index (χ3n) is 4.67. The normalized spacial score (nSPS) is 26.4. The Morgan fingerprint density at radius 3 is 2.70 bits per heavy atom. The molecule has 1 aromatic carbocycles. The minimum absolute atomic E-state index is 0.304. The highest BCUT2D eigenvalue weighted by Crippen LogP contribution is 2.34. The van der Waals surface area contributed by atoms with Gasteiger partial charge in [0.25, 0.3) is 0 Å². The van der Waals surface area contributed by atoms with Gasteiger partial charge in [0, 0.05) is 5.92 Å². The zero-order chi connectivity index (χ0) is 14.4. The summed E-state index contributed by atoms with van der Waals surface area (Å²) in [6.45, 7) is 5.21. The molecule has 1 aromatic rings. The van der Waals surface area contributed by atoms with Crippen LogP contribution in [0.1, 0.15) is 51.5 Å². The second-order valence-corrected chi connectivity index (χ2v) is 6.08. The highest BCUT2D eigenvalue weighted by molar-refractivity contribution is 5.33. The monoisotopic (exact) mass is 275 g/mol. The lowest BCUT2D eigenvalue weighted by molar-refractivity contribution is 0.0661. The maximum Gasteiger partial charge on any atom is 0.122 e. The molecule has 112 valence electrons. The van der Waals surface area contributed by atoms with Crippen molar-refractivity contribution >= 4 is 0 Å². The molecule has 3 unspecified atom stereocenters. The van der Waals surface area contributed by atoms with E-state index in [2.05, 4.69) is 38.1 Å². The second-order valence-electron chi connectivity index (χ2n) is 6.08. The number of ether oxygens (including phenoxy) is 1. The van der Waals surface area contributed by atoms with Crippen LogP contribution < -0.4 is 10.5 Å². The Kier molecular flexibility index (Phi) is 5.90. The third kappa shape index (κ3) is 3.76. The predicted molar refractivity (Wildman–Crippen MR) is 85.0 cm³/mol. The van der Waals surface area contributed by atoms with Crippen LogP contribution in [0.15, 0.2) is 24.3 Å². The third-order valence-corrected chi connectivity index (χ3v) is 4.67. The minimum Gasteiger partial charge on any atom is -0.490 e. The SMILES string of the molecule is CCCC1CCC(CN)C(Oc2ccccc2CC)C1. The molecule has 0 bridgehead atoms. The largest absolute Gasteiger partial charge is 0.490 e. The molecule has 2 nitrogen and oxygen atoms in total. The van der Waals surface area contributed by atoms with Crippen LogP contribution in [0.4, 0.5) is 0 Å². The van der Waals surface area contributed by atoms with Crippen molar-refractivity contribution in [1.82, 2.24) is 0 Å². The summed E-state index contributed by atoms with van der Waals surface area (Å²) in [4.78, 5) is 0. The lowest BCUT2D eigenvalue weighted by atomic mass is 9.78. The predicted octanol–water partition coefficient (Wildman–Crippen LogP) is 4.17. The summed E-state index contributed by atoms with van der Waals surface area (Å²) in [6.07, 6.45) is 7.65. The van der Waals surface area contributed by atoms with Gasteiger partial charge in [0.05, 0.1) is 0 Å². The van der Waals surface area contributed by atoms with Gasteiger partial charge in [-0.1, -0.05) is 44.9 Å². The fraction of sp³-hybridized carbons (Fsp3) is 0.667. The number of nitrogens with two attached hydrogens (primary N) is 1. The standard InChI is InChI=1S/C18H29NO/c1-3-7-14-10-11-16(13-19)18(12-14)20-17-9-6-5-8-15(17)4-2/h5-6,8-9,14,16,18H,3-4,7,10-13,19H2,1-2H3. The van der Waals surface area contributed by atoms with Crippen molar-refractivity contribution in [1.29, 1.82) is 0 Å². The molecule has 1 saturated carbocycles. The van der Waals surface area contributed by atoms with Gasteiger partial charge in [-0.15, -0.1) is 0 Å². The lowest BCUT2D eigenvalue weighted by Crippen LogP contribution is -2.38. The van der Waals surface area contributed by atoms with E-state index >= 15 is 0 Å². The first-order valence-electron chi connectivity index (χ1n) is 8.23. The summed E-state index contributed by atoms with van der Waals surface area (Å²) >= 11 is 0. The molecule has 0 aliphatic heterocycles. The molecule has 2 N–H and O–H groups in total. The van der Waals surface area contributed by atoms with Crippen LogP contribution in [0.25, 0.3) is 0 Å². The number of rotatable bonds is 6. The molecule has 0 aromatic heterocycles. The summed E-state index contributed by atoms with van der Waals surface area (Å²) in [5.41, 5.74) is 7.26. The van der Waals surface area contributed by atoms with Crippen molar-refractivity contribution in [3.63, 3.8) is 0 Å². The van der Waals surface area contributed by atoms with Gasteiger partial charge in [0.15, 0.2) is 0 Å². The molecule has 1 aliphatic rings. The van der Waals surface area contributed by atoms with Crippen molar-refractivity contribution in [2.45, 2.75) is 58.5 Å². The smallest absolute Gasteiger partial charge is 0.122 e. The molecule has 1 fully saturated rings. The number of hydrogen-bond acceptors (Lipinski definition) is 2. The first kappa shape index (κ1) is 15.4. The molecule has 0 spiro atoms. The molecular formula is C18H29NO. The van der Waals surface area contributed by atoms with Gasteiger partial charge in [0.1, 0.15) is 11.9 Å². The van der Waals surface area contributed by atoms with Crippen LogP contribution in [0, 0.1) is 11.8 Å². The highest BCUT2D eigenvalue weighted by Gasteiger charge is 2.31. The van der Waals surface area contributed by atoms with Gasteiger partial charge in [-0.25, -0.2) is 0 Å². The Morgan fingerprint density at radius 1 is 1.20 bits per heavy atom. The average Bonchev–Trinajstić information content (AvgIpc) is 2.48. The van der Waals surface area contributed by atoms with E-state index in [0.717, 1.165) is 24.6 Å². The van der Waals surface area contributed by atoms with E-state index < -0.39 is 0 Å². The fourth-order valence-electron chi connectivity index (χ4n) is 3.43. The van der Waals surface area contributed by atoms with Gasteiger partial charge < -0.3 is 10.5 Å². The van der Waals surface area contributed by atoms with Gasteiger partial charge in [-0.3, -0.25) is 0 Å². The van der Waals surface area contributed by atoms with Crippen LogP contribution in [-0.2, 0) is 6.42 Å². The van der Waals surface area contributed by atoms with Crippen LogP contribution in [0.2, 0.25) is 0 Å². The Hall–Kier alpha value is -1.02. The fourth-order valence-corrected chi connectivity index (χ4v) is 3.43. The van der Waals surface area contributed by atoms with E-state index in [1.54, 1.807) is 0 Å². The first-order valence-corrected chi connectivity index (χ1v) is 8.23. The number of para-hydroxylation sites is 1. The van der Waals surface area contributed by atoms with Crippen LogP contribution >= 0.6 is 0 Å². The molecule has 0 saturated heterocycles. The molecule has 0 amide bonds. The van der Waals surface area contributed by atoms with Gasteiger partial charge in [0.2, 0.25) is 0 Å². The second kappa shape index (κ2) is 7.68. The zero-order valence-corrected chi connectivity index (χ0v) is 13.0. The maximum atomic E-state index is 6.38. The summed E-state index contributed by atoms with van der Waals surface area (Å²) in [5.74, 6) is 2.41. The molecule has 3 atom stereocenters. The van der Waals surface area contributed by atoms with Crippen molar-refractivity contribution in [3.05, 3.63) is 29.8 Å².